The number of aromatic nitrogens is 3. The molecule has 0 saturated heterocycles. The Morgan fingerprint density at radius 3 is 2.39 bits per heavy atom. The van der Waals surface area contributed by atoms with E-state index in [2.05, 4.69) is 39.0 Å². The van der Waals surface area contributed by atoms with Gasteiger partial charge in [-0.1, -0.05) is 13.8 Å². The summed E-state index contributed by atoms with van der Waals surface area (Å²) in [7, 11) is 0. The highest BCUT2D eigenvalue weighted by atomic mass is 16.5. The fraction of sp³-hybridized carbons (Fsp3) is 0.318. The molecule has 2 aromatic heterocycles. The first-order valence-corrected chi connectivity index (χ1v) is 9.74. The monoisotopic (exact) mass is 377 g/mol. The number of anilines is 2. The van der Waals surface area contributed by atoms with Crippen LogP contribution in [0, 0.1) is 0 Å². The van der Waals surface area contributed by atoms with Crippen LogP contribution in [-0.2, 0) is 0 Å². The van der Waals surface area contributed by atoms with Crippen molar-refractivity contribution < 1.29 is 4.74 Å². The Labute approximate surface area is 166 Å². The van der Waals surface area contributed by atoms with Crippen molar-refractivity contribution in [3.63, 3.8) is 0 Å². The fourth-order valence-corrected chi connectivity index (χ4v) is 2.88. The van der Waals surface area contributed by atoms with Gasteiger partial charge in [0.2, 0.25) is 5.95 Å². The van der Waals surface area contributed by atoms with Crippen molar-refractivity contribution in [3.8, 4) is 17.0 Å². The molecule has 0 unspecified atom stereocenters. The third-order valence-corrected chi connectivity index (χ3v) is 4.52. The van der Waals surface area contributed by atoms with Crippen LogP contribution in [0.2, 0.25) is 0 Å². The third kappa shape index (κ3) is 5.76. The van der Waals surface area contributed by atoms with Gasteiger partial charge in [-0.25, -0.2) is 9.97 Å². The molecule has 0 amide bonds. The van der Waals surface area contributed by atoms with Crippen molar-refractivity contribution in [1.29, 1.82) is 0 Å². The van der Waals surface area contributed by atoms with Crippen LogP contribution >= 0.6 is 0 Å². The van der Waals surface area contributed by atoms with E-state index in [0.717, 1.165) is 55.4 Å². The zero-order chi connectivity index (χ0) is 19.6. The zero-order valence-electron chi connectivity index (χ0n) is 16.5. The molecule has 0 spiro atoms. The maximum Gasteiger partial charge on any atom is 0.227 e. The van der Waals surface area contributed by atoms with Gasteiger partial charge in [0.25, 0.3) is 0 Å². The molecule has 0 bridgehead atoms. The van der Waals surface area contributed by atoms with Crippen LogP contribution in [0.4, 0.5) is 11.6 Å². The van der Waals surface area contributed by atoms with Crippen molar-refractivity contribution in [3.05, 3.63) is 61.1 Å². The average molecular weight is 377 g/mol. The Bertz CT molecular complexity index is 835. The molecule has 0 aliphatic rings. The lowest BCUT2D eigenvalue weighted by Gasteiger charge is -2.17. The first-order valence-electron chi connectivity index (χ1n) is 9.74. The topological polar surface area (TPSA) is 63.2 Å². The third-order valence-electron chi connectivity index (χ3n) is 4.52. The van der Waals surface area contributed by atoms with Gasteiger partial charge in [-0.2, -0.15) is 0 Å². The molecule has 3 rings (SSSR count). The number of rotatable bonds is 10. The average Bonchev–Trinajstić information content (AvgIpc) is 2.76. The normalized spacial score (nSPS) is 10.8. The molecule has 0 aliphatic heterocycles. The minimum absolute atomic E-state index is 0.558. The molecule has 1 N–H and O–H groups in total. The summed E-state index contributed by atoms with van der Waals surface area (Å²) in [5, 5.41) is 3.24. The standard InChI is InChI=1S/C22H27N5O/c1-3-27(4-2)16-5-17-28-20-8-6-19(7-9-20)25-22-24-15-12-21(26-22)18-10-13-23-14-11-18/h6-15H,3-5,16-17H2,1-2H3,(H,24,25,26). The molecule has 3 aromatic rings. The van der Waals surface area contributed by atoms with Crippen LogP contribution in [0.25, 0.3) is 11.3 Å². The van der Waals surface area contributed by atoms with E-state index in [-0.39, 0.29) is 0 Å². The van der Waals surface area contributed by atoms with Gasteiger partial charge >= 0.3 is 0 Å². The van der Waals surface area contributed by atoms with Gasteiger partial charge in [0.05, 0.1) is 12.3 Å². The minimum atomic E-state index is 0.558. The molecule has 0 fully saturated rings. The molecule has 0 atom stereocenters. The number of nitrogens with zero attached hydrogens (tertiary/aromatic N) is 4. The van der Waals surface area contributed by atoms with E-state index >= 15 is 0 Å². The van der Waals surface area contributed by atoms with Gasteiger partial charge in [0, 0.05) is 36.4 Å². The molecular formula is C22H27N5O. The molecule has 2 heterocycles. The second kappa shape index (κ2) is 10.4. The molecule has 6 nitrogen and oxygen atoms in total. The van der Waals surface area contributed by atoms with Crippen molar-refractivity contribution in [2.75, 3.05) is 31.6 Å². The lowest BCUT2D eigenvalue weighted by atomic mass is 10.2. The van der Waals surface area contributed by atoms with Gasteiger partial charge in [-0.15, -0.1) is 0 Å². The Morgan fingerprint density at radius 1 is 0.929 bits per heavy atom. The highest BCUT2D eigenvalue weighted by Gasteiger charge is 2.04. The minimum Gasteiger partial charge on any atom is -0.494 e. The van der Waals surface area contributed by atoms with Crippen LogP contribution in [0.3, 0.4) is 0 Å². The largest absolute Gasteiger partial charge is 0.494 e. The highest BCUT2D eigenvalue weighted by molar-refractivity contribution is 5.61. The second-order valence-electron chi connectivity index (χ2n) is 6.38. The molecule has 1 aromatic carbocycles. The van der Waals surface area contributed by atoms with Crippen molar-refractivity contribution >= 4 is 11.6 Å². The van der Waals surface area contributed by atoms with E-state index in [9.17, 15) is 0 Å². The molecule has 0 aliphatic carbocycles. The summed E-state index contributed by atoms with van der Waals surface area (Å²) in [6.07, 6.45) is 6.28. The predicted octanol–water partition coefficient (Wildman–Crippen LogP) is 4.39. The number of hydrogen-bond acceptors (Lipinski definition) is 6. The quantitative estimate of drug-likeness (QED) is 0.529. The van der Waals surface area contributed by atoms with Gasteiger partial charge in [-0.3, -0.25) is 4.98 Å². The van der Waals surface area contributed by atoms with E-state index in [1.165, 1.54) is 0 Å². The predicted molar refractivity (Wildman–Crippen MR) is 113 cm³/mol. The summed E-state index contributed by atoms with van der Waals surface area (Å²) < 4.78 is 5.84. The second-order valence-corrected chi connectivity index (χ2v) is 6.38. The van der Waals surface area contributed by atoms with Crippen molar-refractivity contribution in [2.45, 2.75) is 20.3 Å². The Kier molecular flexibility index (Phi) is 7.32. The van der Waals surface area contributed by atoms with Gasteiger partial charge in [0.1, 0.15) is 5.75 Å². The Morgan fingerprint density at radius 2 is 1.68 bits per heavy atom. The Hall–Kier alpha value is -2.99. The number of pyridine rings is 1. The van der Waals surface area contributed by atoms with Gasteiger partial charge in [-0.05, 0) is 62.0 Å². The van der Waals surface area contributed by atoms with E-state index < -0.39 is 0 Å². The number of nitrogens with one attached hydrogen (secondary N) is 1. The van der Waals surface area contributed by atoms with Crippen molar-refractivity contribution in [1.82, 2.24) is 19.9 Å². The molecule has 6 heteroatoms. The maximum atomic E-state index is 5.84. The van der Waals surface area contributed by atoms with E-state index in [1.807, 2.05) is 42.5 Å². The number of benzene rings is 1. The molecule has 0 saturated carbocycles. The molecule has 146 valence electrons. The van der Waals surface area contributed by atoms with Crippen LogP contribution in [0.5, 0.6) is 5.75 Å². The summed E-state index contributed by atoms with van der Waals surface area (Å²) in [6, 6.07) is 13.6. The van der Waals surface area contributed by atoms with E-state index in [4.69, 9.17) is 4.74 Å². The highest BCUT2D eigenvalue weighted by Crippen LogP contribution is 2.20. The van der Waals surface area contributed by atoms with Gasteiger partial charge < -0.3 is 15.0 Å². The lowest BCUT2D eigenvalue weighted by molar-refractivity contribution is 0.249. The lowest BCUT2D eigenvalue weighted by Crippen LogP contribution is -2.25. The smallest absolute Gasteiger partial charge is 0.227 e. The SMILES string of the molecule is CCN(CC)CCCOc1ccc(Nc2nccc(-c3ccncc3)n2)cc1. The van der Waals surface area contributed by atoms with Crippen molar-refractivity contribution in [2.24, 2.45) is 0 Å². The van der Waals surface area contributed by atoms with Crippen LogP contribution in [0.1, 0.15) is 20.3 Å². The maximum absolute atomic E-state index is 5.84. The summed E-state index contributed by atoms with van der Waals surface area (Å²) in [6.45, 7) is 8.33. The van der Waals surface area contributed by atoms with E-state index in [0.29, 0.717) is 5.95 Å². The summed E-state index contributed by atoms with van der Waals surface area (Å²) in [5.41, 5.74) is 2.78. The number of hydrogen-bond donors (Lipinski definition) is 1. The summed E-state index contributed by atoms with van der Waals surface area (Å²) in [5.74, 6) is 1.43. The first-order chi connectivity index (χ1) is 13.8. The summed E-state index contributed by atoms with van der Waals surface area (Å²) >= 11 is 0. The van der Waals surface area contributed by atoms with Crippen LogP contribution in [0.15, 0.2) is 61.1 Å². The van der Waals surface area contributed by atoms with Gasteiger partial charge in [0.15, 0.2) is 0 Å². The molecular weight excluding hydrogens is 350 g/mol. The zero-order valence-corrected chi connectivity index (χ0v) is 16.5. The molecule has 28 heavy (non-hydrogen) atoms. The summed E-state index contributed by atoms with van der Waals surface area (Å²) in [4.78, 5) is 15.3. The first kappa shape index (κ1) is 19.8. The fourth-order valence-electron chi connectivity index (χ4n) is 2.88. The van der Waals surface area contributed by atoms with Crippen LogP contribution < -0.4 is 10.1 Å². The van der Waals surface area contributed by atoms with Crippen LogP contribution in [-0.4, -0.2) is 46.1 Å². The van der Waals surface area contributed by atoms with E-state index in [1.54, 1.807) is 18.6 Å². The molecule has 0 radical (unpaired) electrons. The number of ether oxygens (including phenoxy) is 1. The Balaban J connectivity index is 1.53.